The van der Waals surface area contributed by atoms with Crippen molar-refractivity contribution in [1.82, 2.24) is 19.8 Å². The monoisotopic (exact) mass is 515 g/mol. The summed E-state index contributed by atoms with van der Waals surface area (Å²) in [6.07, 6.45) is 13.1. The van der Waals surface area contributed by atoms with Gasteiger partial charge in [0.15, 0.2) is 0 Å². The second-order valence-corrected chi connectivity index (χ2v) is 11.2. The molecular formula is C31H41N5O2. The first-order valence-electron chi connectivity index (χ1n) is 14.2. The van der Waals surface area contributed by atoms with Crippen molar-refractivity contribution >= 4 is 22.7 Å². The molecule has 0 spiro atoms. The van der Waals surface area contributed by atoms with E-state index < -0.39 is 17.4 Å². The molecule has 3 atom stereocenters. The first-order chi connectivity index (χ1) is 18.4. The van der Waals surface area contributed by atoms with Gasteiger partial charge in [-0.15, -0.1) is 0 Å². The van der Waals surface area contributed by atoms with E-state index in [9.17, 15) is 9.59 Å². The molecule has 2 aliphatic rings. The normalized spacial score (nSPS) is 20.9. The van der Waals surface area contributed by atoms with Gasteiger partial charge >= 0.3 is 0 Å². The van der Waals surface area contributed by atoms with Gasteiger partial charge in [-0.1, -0.05) is 37.5 Å². The largest absolute Gasteiger partial charge is 0.368 e. The van der Waals surface area contributed by atoms with Crippen LogP contribution >= 0.6 is 0 Å². The Morgan fingerprint density at radius 2 is 1.89 bits per heavy atom. The Balaban J connectivity index is 1.50. The van der Waals surface area contributed by atoms with Crippen molar-refractivity contribution < 1.29 is 9.59 Å². The summed E-state index contributed by atoms with van der Waals surface area (Å²) in [4.78, 5) is 33.7. The van der Waals surface area contributed by atoms with Gasteiger partial charge in [-0.3, -0.25) is 14.6 Å². The minimum absolute atomic E-state index is 0.0445. The van der Waals surface area contributed by atoms with Crippen molar-refractivity contribution in [2.45, 2.75) is 76.9 Å². The molecule has 2 fully saturated rings. The molecule has 1 aliphatic heterocycles. The third kappa shape index (κ3) is 4.62. The number of primary amides is 1. The van der Waals surface area contributed by atoms with Crippen molar-refractivity contribution in [2.24, 2.45) is 17.6 Å². The standard InChI is InChI=1S/C31H41N5O2/c1-4-35-20-25(24-13-8-9-14-27(24)35)22-17-23(19-34-18-22)26-15-10-16-36(26)29(37)28(21-11-6-5-7-12-21)31(2,33-3)30(32)38/h8-9,13-14,17-21,26,28,33H,4-7,10-12,15-16H2,1-3H3,(H2,32,38)/t26-,28+,31?/m0/s1. The van der Waals surface area contributed by atoms with Gasteiger partial charge in [0.1, 0.15) is 5.54 Å². The van der Waals surface area contributed by atoms with Crippen LogP contribution in [0.25, 0.3) is 22.0 Å². The highest BCUT2D eigenvalue weighted by atomic mass is 16.2. The van der Waals surface area contributed by atoms with E-state index in [1.165, 1.54) is 17.3 Å². The molecule has 1 saturated carbocycles. The van der Waals surface area contributed by atoms with Crippen molar-refractivity contribution in [3.05, 3.63) is 54.5 Å². The zero-order valence-corrected chi connectivity index (χ0v) is 23.0. The Bertz CT molecular complexity index is 1310. The molecule has 0 radical (unpaired) electrons. The van der Waals surface area contributed by atoms with Crippen LogP contribution in [0.4, 0.5) is 0 Å². The molecule has 3 heterocycles. The average molecular weight is 516 g/mol. The number of rotatable bonds is 8. The van der Waals surface area contributed by atoms with E-state index >= 15 is 0 Å². The van der Waals surface area contributed by atoms with Crippen LogP contribution in [0.1, 0.15) is 70.4 Å². The molecule has 7 nitrogen and oxygen atoms in total. The maximum absolute atomic E-state index is 14.4. The van der Waals surface area contributed by atoms with Crippen LogP contribution in [0.2, 0.25) is 0 Å². The number of fused-ring (bicyclic) bond motifs is 1. The Labute approximate surface area is 225 Å². The van der Waals surface area contributed by atoms with Gasteiger partial charge in [-0.05, 0) is 70.2 Å². The number of aryl methyl sites for hydroxylation is 1. The molecule has 3 N–H and O–H groups in total. The first kappa shape index (κ1) is 26.4. The highest BCUT2D eigenvalue weighted by Gasteiger charge is 2.50. The average Bonchev–Trinajstić information content (AvgIpc) is 3.59. The first-order valence-corrected chi connectivity index (χ1v) is 14.2. The summed E-state index contributed by atoms with van der Waals surface area (Å²) in [6, 6.07) is 10.6. The molecule has 1 aliphatic carbocycles. The molecule has 5 rings (SSSR count). The number of nitrogens with zero attached hydrogens (tertiary/aromatic N) is 3. The van der Waals surface area contributed by atoms with E-state index in [0.717, 1.165) is 61.8 Å². The van der Waals surface area contributed by atoms with Crippen molar-refractivity contribution in [3.63, 3.8) is 0 Å². The molecule has 7 heteroatoms. The van der Waals surface area contributed by atoms with Crippen molar-refractivity contribution in [1.29, 1.82) is 0 Å². The number of aromatic nitrogens is 2. The zero-order valence-electron chi connectivity index (χ0n) is 23.0. The van der Waals surface area contributed by atoms with Gasteiger partial charge in [0.25, 0.3) is 0 Å². The van der Waals surface area contributed by atoms with E-state index in [4.69, 9.17) is 5.73 Å². The number of hydrogen-bond donors (Lipinski definition) is 2. The lowest BCUT2D eigenvalue weighted by Gasteiger charge is -2.43. The number of hydrogen-bond acceptors (Lipinski definition) is 4. The van der Waals surface area contributed by atoms with E-state index in [1.54, 1.807) is 7.05 Å². The molecule has 38 heavy (non-hydrogen) atoms. The number of amides is 2. The third-order valence-electron chi connectivity index (χ3n) is 9.16. The van der Waals surface area contributed by atoms with Crippen molar-refractivity contribution in [2.75, 3.05) is 13.6 Å². The van der Waals surface area contributed by atoms with Gasteiger partial charge in [-0.25, -0.2) is 0 Å². The van der Waals surface area contributed by atoms with Crippen LogP contribution in [-0.4, -0.2) is 45.4 Å². The fourth-order valence-electron chi connectivity index (χ4n) is 6.90. The highest BCUT2D eigenvalue weighted by Crippen LogP contribution is 2.41. The van der Waals surface area contributed by atoms with Gasteiger partial charge in [0.05, 0.1) is 12.0 Å². The van der Waals surface area contributed by atoms with Gasteiger partial charge < -0.3 is 20.5 Å². The quantitative estimate of drug-likeness (QED) is 0.439. The minimum Gasteiger partial charge on any atom is -0.368 e. The van der Waals surface area contributed by atoms with Crippen LogP contribution in [0.15, 0.2) is 48.9 Å². The predicted octanol–water partition coefficient (Wildman–Crippen LogP) is 5.05. The van der Waals surface area contributed by atoms with Gasteiger partial charge in [0, 0.05) is 53.7 Å². The minimum atomic E-state index is -1.09. The molecular weight excluding hydrogens is 474 g/mol. The maximum Gasteiger partial charge on any atom is 0.238 e. The number of pyridine rings is 1. The maximum atomic E-state index is 14.4. The molecule has 1 saturated heterocycles. The second-order valence-electron chi connectivity index (χ2n) is 11.2. The molecule has 3 aromatic rings. The van der Waals surface area contributed by atoms with Gasteiger partial charge in [-0.2, -0.15) is 0 Å². The number of benzene rings is 1. The molecule has 202 valence electrons. The third-order valence-corrected chi connectivity index (χ3v) is 9.16. The number of nitrogens with two attached hydrogens (primary N) is 1. The van der Waals surface area contributed by atoms with Crippen molar-refractivity contribution in [3.8, 4) is 11.1 Å². The number of para-hydroxylation sites is 1. The van der Waals surface area contributed by atoms with Crippen LogP contribution in [0.5, 0.6) is 0 Å². The highest BCUT2D eigenvalue weighted by molar-refractivity contribution is 5.96. The predicted molar refractivity (Wildman–Crippen MR) is 151 cm³/mol. The molecule has 1 unspecified atom stereocenters. The number of carbonyl (C=O) groups excluding carboxylic acids is 2. The molecule has 0 bridgehead atoms. The van der Waals surface area contributed by atoms with Crippen LogP contribution in [-0.2, 0) is 16.1 Å². The van der Waals surface area contributed by atoms with Crippen LogP contribution in [0, 0.1) is 11.8 Å². The fourth-order valence-corrected chi connectivity index (χ4v) is 6.90. The Morgan fingerprint density at radius 3 is 2.61 bits per heavy atom. The molecule has 2 amide bonds. The summed E-state index contributed by atoms with van der Waals surface area (Å²) < 4.78 is 2.26. The number of likely N-dealkylation sites (N-methyl/N-ethyl adjacent to an activating group) is 1. The van der Waals surface area contributed by atoms with E-state index in [2.05, 4.69) is 58.3 Å². The summed E-state index contributed by atoms with van der Waals surface area (Å²) in [6.45, 7) is 5.54. The smallest absolute Gasteiger partial charge is 0.238 e. The Morgan fingerprint density at radius 1 is 1.13 bits per heavy atom. The van der Waals surface area contributed by atoms with Gasteiger partial charge in [0.2, 0.25) is 11.8 Å². The molecule has 2 aromatic heterocycles. The van der Waals surface area contributed by atoms with E-state index in [-0.39, 0.29) is 17.9 Å². The molecule has 1 aromatic carbocycles. The number of carbonyl (C=O) groups is 2. The van der Waals surface area contributed by atoms with Crippen LogP contribution < -0.4 is 11.1 Å². The Hall–Kier alpha value is -3.19. The second kappa shape index (κ2) is 10.9. The fraction of sp³-hybridized carbons (Fsp3) is 0.516. The lowest BCUT2D eigenvalue weighted by atomic mass is 9.69. The SMILES string of the molecule is CCn1cc(-c2cncc([C@@H]3CCCN3C(=O)[C@@H](C3CCCCC3)C(C)(NC)C(N)=O)c2)c2ccccc21. The summed E-state index contributed by atoms with van der Waals surface area (Å²) >= 11 is 0. The number of nitrogens with one attached hydrogen (secondary N) is 1. The zero-order chi connectivity index (χ0) is 26.9. The summed E-state index contributed by atoms with van der Waals surface area (Å²) in [5, 5.41) is 4.36. The van der Waals surface area contributed by atoms with Crippen LogP contribution in [0.3, 0.4) is 0 Å². The Kier molecular flexibility index (Phi) is 7.57. The topological polar surface area (TPSA) is 93.2 Å². The summed E-state index contributed by atoms with van der Waals surface area (Å²) in [5.74, 6) is -0.754. The summed E-state index contributed by atoms with van der Waals surface area (Å²) in [5.41, 5.74) is 9.32. The van der Waals surface area contributed by atoms with E-state index in [0.29, 0.717) is 6.54 Å². The van der Waals surface area contributed by atoms with E-state index in [1.807, 2.05) is 24.2 Å². The lowest BCUT2D eigenvalue weighted by Crippen LogP contribution is -2.63. The number of likely N-dealkylation sites (tertiary alicyclic amines) is 1. The lowest BCUT2D eigenvalue weighted by molar-refractivity contribution is -0.147. The summed E-state index contributed by atoms with van der Waals surface area (Å²) in [7, 11) is 1.75.